The summed E-state index contributed by atoms with van der Waals surface area (Å²) in [5.41, 5.74) is 6.52. The van der Waals surface area contributed by atoms with Crippen LogP contribution in [0, 0.1) is 10.8 Å². The van der Waals surface area contributed by atoms with E-state index in [1.54, 1.807) is 6.07 Å². The standard InChI is InChI=1S/C15H10O2.C6H15N5.ClH/c16-13-10-15(11-6-2-1-3-7-11)17-14-9-5-4-8-12(13)14;1-2-3-4-10-6(9)11-5(7)8;/h1-10H;2-4H2,1H3,(H6,7,8,9,10,11);1H. The van der Waals surface area contributed by atoms with Gasteiger partial charge in [-0.3, -0.25) is 20.9 Å². The molecular formula is C21H26ClN5O2. The van der Waals surface area contributed by atoms with Gasteiger partial charge in [0.1, 0.15) is 11.3 Å². The molecule has 3 aromatic rings. The summed E-state index contributed by atoms with van der Waals surface area (Å²) in [4.78, 5) is 11.9. The number of nitrogens with one attached hydrogen (secondary N) is 4. The predicted molar refractivity (Wildman–Crippen MR) is 121 cm³/mol. The Labute approximate surface area is 175 Å². The van der Waals surface area contributed by atoms with Gasteiger partial charge in [0, 0.05) is 18.2 Å². The molecule has 8 heteroatoms. The van der Waals surface area contributed by atoms with E-state index >= 15 is 0 Å². The second-order valence-corrected chi connectivity index (χ2v) is 6.03. The minimum absolute atomic E-state index is 0. The average molecular weight is 416 g/mol. The lowest BCUT2D eigenvalue weighted by Gasteiger charge is -2.06. The van der Waals surface area contributed by atoms with E-state index in [2.05, 4.69) is 17.6 Å². The van der Waals surface area contributed by atoms with Gasteiger partial charge in [-0.25, -0.2) is 0 Å². The minimum atomic E-state index is -0.209. The van der Waals surface area contributed by atoms with E-state index < -0.39 is 0 Å². The lowest BCUT2D eigenvalue weighted by molar-refractivity contribution is 0.619. The molecule has 0 saturated heterocycles. The summed E-state index contributed by atoms with van der Waals surface area (Å²) < 4.78 is 5.73. The first-order chi connectivity index (χ1) is 13.5. The van der Waals surface area contributed by atoms with E-state index in [1.165, 1.54) is 6.07 Å². The Kier molecular flexibility index (Phi) is 9.98. The number of hydrogen-bond donors (Lipinski definition) is 5. The van der Waals surface area contributed by atoms with Crippen molar-refractivity contribution in [2.45, 2.75) is 19.8 Å². The van der Waals surface area contributed by atoms with Gasteiger partial charge in [-0.1, -0.05) is 55.8 Å². The molecule has 7 nitrogen and oxygen atoms in total. The third-order valence-corrected chi connectivity index (χ3v) is 3.78. The molecule has 29 heavy (non-hydrogen) atoms. The molecule has 3 rings (SSSR count). The lowest BCUT2D eigenvalue weighted by atomic mass is 10.1. The average Bonchev–Trinajstić information content (AvgIpc) is 2.69. The normalized spacial score (nSPS) is 9.55. The number of halogens is 1. The fraction of sp³-hybridized carbons (Fsp3) is 0.190. The van der Waals surface area contributed by atoms with Crippen LogP contribution in [-0.2, 0) is 0 Å². The number of hydrogen-bond acceptors (Lipinski definition) is 4. The number of nitrogens with two attached hydrogens (primary N) is 1. The molecule has 0 aliphatic heterocycles. The van der Waals surface area contributed by atoms with Crippen molar-refractivity contribution in [3.63, 3.8) is 0 Å². The van der Waals surface area contributed by atoms with Gasteiger partial charge < -0.3 is 15.5 Å². The highest BCUT2D eigenvalue weighted by Crippen LogP contribution is 2.21. The highest BCUT2D eigenvalue weighted by molar-refractivity contribution is 5.94. The molecule has 1 heterocycles. The Morgan fingerprint density at radius 1 is 1.07 bits per heavy atom. The van der Waals surface area contributed by atoms with Gasteiger partial charge in [0.2, 0.25) is 0 Å². The molecule has 0 saturated carbocycles. The molecule has 154 valence electrons. The Morgan fingerprint density at radius 3 is 2.38 bits per heavy atom. The maximum Gasteiger partial charge on any atom is 0.195 e. The molecule has 0 aliphatic carbocycles. The zero-order chi connectivity index (χ0) is 20.4. The third kappa shape index (κ3) is 7.67. The van der Waals surface area contributed by atoms with E-state index in [0.29, 0.717) is 16.7 Å². The van der Waals surface area contributed by atoms with Crippen LogP contribution in [0.1, 0.15) is 19.8 Å². The molecule has 0 aliphatic rings. The van der Waals surface area contributed by atoms with Crippen molar-refractivity contribution in [1.82, 2.24) is 10.6 Å². The predicted octanol–water partition coefficient (Wildman–Crippen LogP) is 3.68. The number of unbranched alkanes of at least 4 members (excludes halogenated alkanes) is 1. The molecule has 0 amide bonds. The van der Waals surface area contributed by atoms with Crippen LogP contribution in [0.25, 0.3) is 22.3 Å². The van der Waals surface area contributed by atoms with Gasteiger partial charge in [-0.15, -0.1) is 12.4 Å². The second kappa shape index (κ2) is 12.2. The van der Waals surface area contributed by atoms with Crippen LogP contribution in [0.15, 0.2) is 69.9 Å². The van der Waals surface area contributed by atoms with Crippen molar-refractivity contribution in [2.24, 2.45) is 5.73 Å². The molecule has 0 atom stereocenters. The van der Waals surface area contributed by atoms with Crippen molar-refractivity contribution in [3.05, 3.63) is 70.9 Å². The van der Waals surface area contributed by atoms with Crippen molar-refractivity contribution in [3.8, 4) is 11.3 Å². The number of fused-ring (bicyclic) bond motifs is 1. The van der Waals surface area contributed by atoms with Crippen LogP contribution in [0.2, 0.25) is 0 Å². The number of benzene rings is 2. The number of rotatable bonds is 4. The fourth-order valence-electron chi connectivity index (χ4n) is 2.42. The Balaban J connectivity index is 0.000000310. The molecule has 0 fully saturated rings. The third-order valence-electron chi connectivity index (χ3n) is 3.78. The molecular weight excluding hydrogens is 390 g/mol. The molecule has 0 radical (unpaired) electrons. The van der Waals surface area contributed by atoms with Gasteiger partial charge in [0.25, 0.3) is 0 Å². The van der Waals surface area contributed by atoms with E-state index in [9.17, 15) is 4.79 Å². The quantitative estimate of drug-likeness (QED) is 0.252. The van der Waals surface area contributed by atoms with Gasteiger partial charge in [0.15, 0.2) is 17.3 Å². The molecule has 6 N–H and O–H groups in total. The monoisotopic (exact) mass is 415 g/mol. The van der Waals surface area contributed by atoms with Gasteiger partial charge >= 0.3 is 0 Å². The zero-order valence-electron chi connectivity index (χ0n) is 16.2. The number of guanidine groups is 2. The number of para-hydroxylation sites is 1. The second-order valence-electron chi connectivity index (χ2n) is 6.03. The van der Waals surface area contributed by atoms with Crippen LogP contribution in [-0.4, -0.2) is 18.5 Å². The SMILES string of the molecule is CCCCNC(=N)NC(=N)N.Cl.O=c1cc(-c2ccccc2)oc2ccccc12. The molecule has 0 spiro atoms. The minimum Gasteiger partial charge on any atom is -0.456 e. The van der Waals surface area contributed by atoms with Crippen LogP contribution in [0.5, 0.6) is 0 Å². The summed E-state index contributed by atoms with van der Waals surface area (Å²) in [6.45, 7) is 2.82. The van der Waals surface area contributed by atoms with E-state index in [-0.39, 0.29) is 29.8 Å². The Bertz CT molecular complexity index is 989. The van der Waals surface area contributed by atoms with Crippen molar-refractivity contribution >= 4 is 35.3 Å². The highest BCUT2D eigenvalue weighted by atomic mass is 35.5. The highest BCUT2D eigenvalue weighted by Gasteiger charge is 2.05. The molecule has 2 aromatic carbocycles. The topological polar surface area (TPSA) is 128 Å². The fourth-order valence-corrected chi connectivity index (χ4v) is 2.42. The summed E-state index contributed by atoms with van der Waals surface area (Å²) in [6, 6.07) is 18.4. The summed E-state index contributed by atoms with van der Waals surface area (Å²) >= 11 is 0. The molecule has 0 bridgehead atoms. The van der Waals surface area contributed by atoms with Crippen molar-refractivity contribution in [1.29, 1.82) is 10.8 Å². The first kappa shape index (κ1) is 23.7. The van der Waals surface area contributed by atoms with Crippen LogP contribution >= 0.6 is 12.4 Å². The first-order valence-electron chi connectivity index (χ1n) is 9.03. The van der Waals surface area contributed by atoms with Gasteiger partial charge in [-0.2, -0.15) is 0 Å². The smallest absolute Gasteiger partial charge is 0.195 e. The van der Waals surface area contributed by atoms with E-state index in [1.807, 2.05) is 48.5 Å². The maximum atomic E-state index is 11.9. The summed E-state index contributed by atoms with van der Waals surface area (Å²) in [7, 11) is 0. The molecule has 1 aromatic heterocycles. The Morgan fingerprint density at radius 2 is 1.72 bits per heavy atom. The first-order valence-corrected chi connectivity index (χ1v) is 9.03. The maximum absolute atomic E-state index is 11.9. The largest absolute Gasteiger partial charge is 0.456 e. The molecule has 0 unspecified atom stereocenters. The summed E-state index contributed by atoms with van der Waals surface area (Å²) in [6.07, 6.45) is 2.10. The van der Waals surface area contributed by atoms with E-state index in [0.717, 1.165) is 24.9 Å². The summed E-state index contributed by atoms with van der Waals surface area (Å²) in [5, 5.41) is 19.7. The van der Waals surface area contributed by atoms with Crippen LogP contribution < -0.4 is 21.8 Å². The zero-order valence-corrected chi connectivity index (χ0v) is 17.0. The van der Waals surface area contributed by atoms with Gasteiger partial charge in [-0.05, 0) is 18.6 Å². The van der Waals surface area contributed by atoms with Crippen LogP contribution in [0.4, 0.5) is 0 Å². The van der Waals surface area contributed by atoms with E-state index in [4.69, 9.17) is 21.0 Å². The summed E-state index contributed by atoms with van der Waals surface area (Å²) in [5.74, 6) is 0.485. The van der Waals surface area contributed by atoms with Crippen molar-refractivity contribution < 1.29 is 4.42 Å². The van der Waals surface area contributed by atoms with Crippen molar-refractivity contribution in [2.75, 3.05) is 6.54 Å². The van der Waals surface area contributed by atoms with Gasteiger partial charge in [0.05, 0.1) is 5.39 Å². The Hall–Kier alpha value is -3.32. The van der Waals surface area contributed by atoms with Crippen LogP contribution in [0.3, 0.4) is 0 Å². The lowest BCUT2D eigenvalue weighted by Crippen LogP contribution is -2.43.